The van der Waals surface area contributed by atoms with Crippen LogP contribution in [0.2, 0.25) is 0 Å². The highest BCUT2D eigenvalue weighted by Gasteiger charge is 2.20. The van der Waals surface area contributed by atoms with E-state index in [1.54, 1.807) is 14.2 Å². The van der Waals surface area contributed by atoms with E-state index in [4.69, 9.17) is 4.74 Å². The lowest BCUT2D eigenvalue weighted by atomic mass is 9.90. The van der Waals surface area contributed by atoms with Crippen molar-refractivity contribution in [2.75, 3.05) is 45.9 Å². The lowest BCUT2D eigenvalue weighted by Gasteiger charge is -2.25. The summed E-state index contributed by atoms with van der Waals surface area (Å²) in [6.07, 6.45) is 1.88. The molecular formula is C12H28IN3O3S. The molecule has 8 heteroatoms. The summed E-state index contributed by atoms with van der Waals surface area (Å²) in [5.74, 6) is 0.904. The molecule has 0 aromatic rings. The molecule has 0 rings (SSSR count). The van der Waals surface area contributed by atoms with Crippen LogP contribution in [0.5, 0.6) is 0 Å². The van der Waals surface area contributed by atoms with Crippen LogP contribution in [-0.4, -0.2) is 60.2 Å². The zero-order valence-corrected chi connectivity index (χ0v) is 16.2. The summed E-state index contributed by atoms with van der Waals surface area (Å²) >= 11 is 0. The number of rotatable bonds is 8. The van der Waals surface area contributed by atoms with E-state index in [-0.39, 0.29) is 35.1 Å². The molecule has 0 aromatic heterocycles. The summed E-state index contributed by atoms with van der Waals surface area (Å²) in [7, 11) is 0.436. The molecule has 0 aliphatic carbocycles. The molecule has 0 saturated heterocycles. The lowest BCUT2D eigenvalue weighted by molar-refractivity contribution is 0.203. The van der Waals surface area contributed by atoms with Gasteiger partial charge >= 0.3 is 0 Å². The second kappa shape index (κ2) is 10.6. The Morgan fingerprint density at radius 3 is 2.35 bits per heavy atom. The summed E-state index contributed by atoms with van der Waals surface area (Å²) in [5.41, 5.74) is -0.109. The van der Waals surface area contributed by atoms with Gasteiger partial charge in [0.05, 0.1) is 12.4 Å². The second-order valence-electron chi connectivity index (χ2n) is 5.39. The average Bonchev–Trinajstić information content (AvgIpc) is 2.30. The first-order chi connectivity index (χ1) is 8.70. The van der Waals surface area contributed by atoms with Gasteiger partial charge in [0.15, 0.2) is 5.96 Å². The molecule has 0 fully saturated rings. The first-order valence-corrected chi connectivity index (χ1v) is 8.37. The molecule has 0 aromatic carbocycles. The highest BCUT2D eigenvalue weighted by molar-refractivity contribution is 14.0. The van der Waals surface area contributed by atoms with Crippen molar-refractivity contribution in [1.29, 1.82) is 0 Å². The van der Waals surface area contributed by atoms with Gasteiger partial charge in [0.2, 0.25) is 0 Å². The third-order valence-corrected chi connectivity index (χ3v) is 3.65. The number of sulfone groups is 1. The fourth-order valence-electron chi connectivity index (χ4n) is 1.37. The Labute approximate surface area is 140 Å². The van der Waals surface area contributed by atoms with Crippen molar-refractivity contribution in [3.8, 4) is 0 Å². The molecule has 0 heterocycles. The third kappa shape index (κ3) is 12.9. The van der Waals surface area contributed by atoms with Crippen LogP contribution in [0, 0.1) is 5.41 Å². The predicted octanol–water partition coefficient (Wildman–Crippen LogP) is 0.877. The Bertz CT molecular complexity index is 383. The third-order valence-electron chi connectivity index (χ3n) is 2.71. The van der Waals surface area contributed by atoms with Crippen molar-refractivity contribution in [3.05, 3.63) is 0 Å². The van der Waals surface area contributed by atoms with E-state index in [1.807, 2.05) is 13.8 Å². The number of guanidine groups is 1. The lowest BCUT2D eigenvalue weighted by Crippen LogP contribution is -2.43. The molecule has 0 atom stereocenters. The van der Waals surface area contributed by atoms with Gasteiger partial charge in [-0.15, -0.1) is 24.0 Å². The van der Waals surface area contributed by atoms with E-state index in [0.717, 1.165) is 0 Å². The summed E-state index contributed by atoms with van der Waals surface area (Å²) < 4.78 is 27.3. The van der Waals surface area contributed by atoms with Gasteiger partial charge in [-0.1, -0.05) is 13.8 Å². The number of hydrogen-bond donors (Lipinski definition) is 2. The maximum absolute atomic E-state index is 11.2. The Morgan fingerprint density at radius 1 is 1.30 bits per heavy atom. The summed E-state index contributed by atoms with van der Waals surface area (Å²) in [6.45, 7) is 6.02. The van der Waals surface area contributed by atoms with Crippen LogP contribution in [0.4, 0.5) is 0 Å². The van der Waals surface area contributed by atoms with Crippen LogP contribution < -0.4 is 10.6 Å². The van der Waals surface area contributed by atoms with Gasteiger partial charge < -0.3 is 15.4 Å². The second-order valence-corrected chi connectivity index (χ2v) is 7.65. The number of hydrogen-bond acceptors (Lipinski definition) is 4. The molecule has 0 unspecified atom stereocenters. The van der Waals surface area contributed by atoms with Crippen LogP contribution in [0.1, 0.15) is 20.3 Å². The molecule has 0 aliphatic rings. The SMILES string of the molecule is CN=C(NCCOC)NCC(C)(C)CCS(C)(=O)=O.I. The fourth-order valence-corrected chi connectivity index (χ4v) is 2.29. The number of aliphatic imine (C=N–C) groups is 1. The Kier molecular flexibility index (Phi) is 11.8. The first-order valence-electron chi connectivity index (χ1n) is 6.31. The van der Waals surface area contributed by atoms with Crippen molar-refractivity contribution in [2.24, 2.45) is 10.4 Å². The quantitative estimate of drug-likeness (QED) is 0.263. The molecule has 0 saturated carbocycles. The molecule has 122 valence electrons. The van der Waals surface area contributed by atoms with E-state index < -0.39 is 9.84 Å². The van der Waals surface area contributed by atoms with Crippen LogP contribution >= 0.6 is 24.0 Å². The predicted molar refractivity (Wildman–Crippen MR) is 94.8 cm³/mol. The standard InChI is InChI=1S/C12H27N3O3S.HI/c1-12(2,6-9-19(5,16)17)10-15-11(13-3)14-7-8-18-4;/h6-10H2,1-5H3,(H2,13,14,15);1H. The van der Waals surface area contributed by atoms with Crippen molar-refractivity contribution >= 4 is 39.8 Å². The van der Waals surface area contributed by atoms with Gasteiger partial charge in [-0.05, 0) is 11.8 Å². The van der Waals surface area contributed by atoms with Gasteiger partial charge in [-0.2, -0.15) is 0 Å². The van der Waals surface area contributed by atoms with Gasteiger partial charge in [0.1, 0.15) is 9.84 Å². The maximum Gasteiger partial charge on any atom is 0.191 e. The van der Waals surface area contributed by atoms with Crippen molar-refractivity contribution < 1.29 is 13.2 Å². The van der Waals surface area contributed by atoms with E-state index in [1.165, 1.54) is 6.26 Å². The largest absolute Gasteiger partial charge is 0.383 e. The molecule has 0 spiro atoms. The van der Waals surface area contributed by atoms with E-state index in [9.17, 15) is 8.42 Å². The molecular weight excluding hydrogens is 393 g/mol. The minimum absolute atomic E-state index is 0. The van der Waals surface area contributed by atoms with E-state index in [0.29, 0.717) is 32.1 Å². The van der Waals surface area contributed by atoms with Crippen molar-refractivity contribution in [3.63, 3.8) is 0 Å². The molecule has 0 aliphatic heterocycles. The Hall–Kier alpha value is -0.0900. The molecule has 2 N–H and O–H groups in total. The summed E-state index contributed by atoms with van der Waals surface area (Å²) in [4.78, 5) is 4.09. The number of methoxy groups -OCH3 is 1. The molecule has 0 radical (unpaired) electrons. The molecule has 0 amide bonds. The minimum Gasteiger partial charge on any atom is -0.383 e. The normalized spacial score (nSPS) is 12.8. The van der Waals surface area contributed by atoms with Gasteiger partial charge in [-0.3, -0.25) is 4.99 Å². The van der Waals surface area contributed by atoms with Gasteiger partial charge in [0, 0.05) is 33.5 Å². The number of nitrogens with zero attached hydrogens (tertiary/aromatic N) is 1. The van der Waals surface area contributed by atoms with Crippen LogP contribution in [0.25, 0.3) is 0 Å². The monoisotopic (exact) mass is 421 g/mol. The van der Waals surface area contributed by atoms with E-state index in [2.05, 4.69) is 15.6 Å². The zero-order valence-electron chi connectivity index (χ0n) is 13.0. The number of halogens is 1. The van der Waals surface area contributed by atoms with Crippen molar-refractivity contribution in [2.45, 2.75) is 20.3 Å². The summed E-state index contributed by atoms with van der Waals surface area (Å²) in [5, 5.41) is 6.30. The molecule has 0 bridgehead atoms. The van der Waals surface area contributed by atoms with E-state index >= 15 is 0 Å². The molecule has 6 nitrogen and oxygen atoms in total. The Balaban J connectivity index is 0. The van der Waals surface area contributed by atoms with Crippen LogP contribution in [0.15, 0.2) is 4.99 Å². The summed E-state index contributed by atoms with van der Waals surface area (Å²) in [6, 6.07) is 0. The first kappa shape index (κ1) is 22.2. The minimum atomic E-state index is -2.91. The van der Waals surface area contributed by atoms with Crippen LogP contribution in [-0.2, 0) is 14.6 Å². The van der Waals surface area contributed by atoms with Gasteiger partial charge in [0.25, 0.3) is 0 Å². The highest BCUT2D eigenvalue weighted by Crippen LogP contribution is 2.19. The molecule has 20 heavy (non-hydrogen) atoms. The average molecular weight is 421 g/mol. The number of nitrogens with one attached hydrogen (secondary N) is 2. The zero-order chi connectivity index (χ0) is 14.9. The Morgan fingerprint density at radius 2 is 1.90 bits per heavy atom. The van der Waals surface area contributed by atoms with Crippen molar-refractivity contribution in [1.82, 2.24) is 10.6 Å². The van der Waals surface area contributed by atoms with Crippen LogP contribution in [0.3, 0.4) is 0 Å². The van der Waals surface area contributed by atoms with Gasteiger partial charge in [-0.25, -0.2) is 8.42 Å². The highest BCUT2D eigenvalue weighted by atomic mass is 127. The maximum atomic E-state index is 11.2. The fraction of sp³-hybridized carbons (Fsp3) is 0.917. The smallest absolute Gasteiger partial charge is 0.191 e. The topological polar surface area (TPSA) is 79.8 Å². The number of ether oxygens (including phenoxy) is 1.